The van der Waals surface area contributed by atoms with Crippen LogP contribution in [0.1, 0.15) is 5.56 Å². The molecule has 4 rings (SSSR count). The van der Waals surface area contributed by atoms with Gasteiger partial charge in [0.25, 0.3) is 0 Å². The van der Waals surface area contributed by atoms with Crippen LogP contribution >= 0.6 is 8.60 Å². The van der Waals surface area contributed by atoms with Crippen molar-refractivity contribution in [2.24, 2.45) is 0 Å². The monoisotopic (exact) mass is 400 g/mol. The molecule has 0 radical (unpaired) electrons. The predicted octanol–water partition coefficient (Wildman–Crippen LogP) is 7.26. The van der Waals surface area contributed by atoms with Crippen molar-refractivity contribution < 1.29 is 13.6 Å². The number of benzene rings is 4. The lowest BCUT2D eigenvalue weighted by atomic mass is 10.1. The van der Waals surface area contributed by atoms with Gasteiger partial charge in [-0.05, 0) is 29.3 Å². The van der Waals surface area contributed by atoms with E-state index < -0.39 is 8.60 Å². The van der Waals surface area contributed by atoms with Crippen molar-refractivity contribution in [1.29, 1.82) is 0 Å². The van der Waals surface area contributed by atoms with Crippen LogP contribution < -0.4 is 9.05 Å². The number of rotatable bonds is 8. The molecule has 144 valence electrons. The molecule has 0 amide bonds. The van der Waals surface area contributed by atoms with E-state index in [1.165, 1.54) is 0 Å². The van der Waals surface area contributed by atoms with Gasteiger partial charge in [-0.1, -0.05) is 97.1 Å². The molecule has 0 saturated carbocycles. The molecule has 0 aliphatic carbocycles. The van der Waals surface area contributed by atoms with Crippen molar-refractivity contribution in [3.05, 3.63) is 121 Å². The Morgan fingerprint density at radius 2 is 1.14 bits per heavy atom. The highest BCUT2D eigenvalue weighted by Gasteiger charge is 2.19. The fourth-order valence-electron chi connectivity index (χ4n) is 2.82. The van der Waals surface area contributed by atoms with E-state index in [1.54, 1.807) is 0 Å². The van der Waals surface area contributed by atoms with Gasteiger partial charge < -0.3 is 9.05 Å². The van der Waals surface area contributed by atoms with Gasteiger partial charge in [0, 0.05) is 5.56 Å². The molecule has 4 aromatic carbocycles. The lowest BCUT2D eigenvalue weighted by molar-refractivity contribution is 0.256. The molecule has 0 bridgehead atoms. The largest absolute Gasteiger partial charge is 0.463 e. The zero-order chi connectivity index (χ0) is 19.7. The van der Waals surface area contributed by atoms with Crippen molar-refractivity contribution >= 4 is 8.60 Å². The molecule has 0 aliphatic heterocycles. The molecule has 0 heterocycles. The van der Waals surface area contributed by atoms with Crippen LogP contribution in [0.3, 0.4) is 0 Å². The third-order valence-corrected chi connectivity index (χ3v) is 5.29. The number of hydrogen-bond acceptors (Lipinski definition) is 3. The lowest BCUT2D eigenvalue weighted by Crippen LogP contribution is -2.01. The van der Waals surface area contributed by atoms with Gasteiger partial charge in [0.2, 0.25) is 0 Å². The standard InChI is InChI=1S/C25H21O3P/c1-4-12-21(13-5-1)20-26-29(27-23-16-8-3-9-17-23)28-25-19-11-10-18-24(25)22-14-6-2-7-15-22/h1-19H,20H2. The maximum absolute atomic E-state index is 6.25. The summed E-state index contributed by atoms with van der Waals surface area (Å²) < 4.78 is 18.3. The summed E-state index contributed by atoms with van der Waals surface area (Å²) in [5.74, 6) is 1.44. The minimum Gasteiger partial charge on any atom is -0.418 e. The Kier molecular flexibility index (Phi) is 6.54. The fourth-order valence-corrected chi connectivity index (χ4v) is 3.83. The van der Waals surface area contributed by atoms with Crippen LogP contribution in [0.25, 0.3) is 11.1 Å². The summed E-state index contributed by atoms with van der Waals surface area (Å²) in [7, 11) is -1.64. The second kappa shape index (κ2) is 9.88. The van der Waals surface area contributed by atoms with Gasteiger partial charge in [0.1, 0.15) is 11.5 Å². The van der Waals surface area contributed by atoms with E-state index in [0.29, 0.717) is 12.4 Å². The summed E-state index contributed by atoms with van der Waals surface area (Å²) >= 11 is 0. The first-order valence-electron chi connectivity index (χ1n) is 9.41. The SMILES string of the molecule is c1ccc(COP(Oc2ccccc2)Oc2ccccc2-c2ccccc2)cc1. The summed E-state index contributed by atoms with van der Waals surface area (Å²) in [4.78, 5) is 0. The van der Waals surface area contributed by atoms with E-state index in [0.717, 1.165) is 22.4 Å². The average molecular weight is 400 g/mol. The quantitative estimate of drug-likeness (QED) is 0.291. The third-order valence-electron chi connectivity index (χ3n) is 4.25. The van der Waals surface area contributed by atoms with E-state index >= 15 is 0 Å². The molecule has 4 aromatic rings. The summed E-state index contributed by atoms with van der Waals surface area (Å²) in [6, 6.07) is 37.7. The lowest BCUT2D eigenvalue weighted by Gasteiger charge is -2.19. The first-order chi connectivity index (χ1) is 14.4. The Morgan fingerprint density at radius 1 is 0.552 bits per heavy atom. The average Bonchev–Trinajstić information content (AvgIpc) is 2.80. The van der Waals surface area contributed by atoms with Crippen molar-refractivity contribution in [2.45, 2.75) is 6.61 Å². The van der Waals surface area contributed by atoms with Gasteiger partial charge in [-0.25, -0.2) is 0 Å². The molecule has 1 unspecified atom stereocenters. The van der Waals surface area contributed by atoms with E-state index in [9.17, 15) is 0 Å². The molecule has 0 saturated heterocycles. The Bertz CT molecular complexity index is 1010. The maximum atomic E-state index is 6.25. The minimum absolute atomic E-state index is 0.410. The van der Waals surface area contributed by atoms with Gasteiger partial charge in [-0.2, -0.15) is 0 Å². The first kappa shape index (κ1) is 19.2. The molecule has 0 aliphatic rings. The highest BCUT2D eigenvalue weighted by molar-refractivity contribution is 7.42. The van der Waals surface area contributed by atoms with Gasteiger partial charge in [-0.3, -0.25) is 4.52 Å². The smallest absolute Gasteiger partial charge is 0.418 e. The van der Waals surface area contributed by atoms with Crippen LogP contribution in [-0.4, -0.2) is 0 Å². The molecular weight excluding hydrogens is 379 g/mol. The Morgan fingerprint density at radius 3 is 1.86 bits per heavy atom. The van der Waals surface area contributed by atoms with Crippen LogP contribution in [0.2, 0.25) is 0 Å². The minimum atomic E-state index is -1.64. The van der Waals surface area contributed by atoms with E-state index in [4.69, 9.17) is 13.6 Å². The van der Waals surface area contributed by atoms with Crippen molar-refractivity contribution in [3.8, 4) is 22.6 Å². The van der Waals surface area contributed by atoms with Crippen LogP contribution in [0.4, 0.5) is 0 Å². The third kappa shape index (κ3) is 5.45. The molecule has 29 heavy (non-hydrogen) atoms. The summed E-state index contributed by atoms with van der Waals surface area (Å²) in [5.41, 5.74) is 3.15. The molecule has 4 heteroatoms. The normalized spacial score (nSPS) is 11.6. The summed E-state index contributed by atoms with van der Waals surface area (Å²) in [6.07, 6.45) is 0. The Labute approximate surface area is 172 Å². The highest BCUT2D eigenvalue weighted by atomic mass is 31.2. The first-order valence-corrected chi connectivity index (χ1v) is 10.5. The van der Waals surface area contributed by atoms with E-state index in [-0.39, 0.29) is 0 Å². The second-order valence-electron chi connectivity index (χ2n) is 6.34. The van der Waals surface area contributed by atoms with Crippen molar-refractivity contribution in [3.63, 3.8) is 0 Å². The van der Waals surface area contributed by atoms with E-state index in [2.05, 4.69) is 12.1 Å². The van der Waals surface area contributed by atoms with Crippen LogP contribution in [0, 0.1) is 0 Å². The molecular formula is C25H21O3P. The van der Waals surface area contributed by atoms with Gasteiger partial charge >= 0.3 is 8.60 Å². The molecule has 0 aromatic heterocycles. The number of hydrogen-bond donors (Lipinski definition) is 0. The van der Waals surface area contributed by atoms with Crippen molar-refractivity contribution in [2.75, 3.05) is 0 Å². The predicted molar refractivity (Wildman–Crippen MR) is 118 cm³/mol. The molecule has 0 spiro atoms. The van der Waals surface area contributed by atoms with Crippen LogP contribution in [0.15, 0.2) is 115 Å². The summed E-state index contributed by atoms with van der Waals surface area (Å²) in [6.45, 7) is 0.410. The van der Waals surface area contributed by atoms with E-state index in [1.807, 2.05) is 103 Å². The van der Waals surface area contributed by atoms with Gasteiger partial charge in [0.15, 0.2) is 0 Å². The molecule has 0 fully saturated rings. The summed E-state index contributed by atoms with van der Waals surface area (Å²) in [5, 5.41) is 0. The molecule has 1 atom stereocenters. The maximum Gasteiger partial charge on any atom is 0.463 e. The zero-order valence-electron chi connectivity index (χ0n) is 15.8. The topological polar surface area (TPSA) is 27.7 Å². The fraction of sp³-hybridized carbons (Fsp3) is 0.0400. The van der Waals surface area contributed by atoms with Crippen LogP contribution in [-0.2, 0) is 11.1 Å². The Hall–Kier alpha value is -3.13. The zero-order valence-corrected chi connectivity index (χ0v) is 16.7. The second-order valence-corrected chi connectivity index (χ2v) is 7.41. The van der Waals surface area contributed by atoms with Gasteiger partial charge in [0.05, 0.1) is 6.61 Å². The molecule has 0 N–H and O–H groups in total. The highest BCUT2D eigenvalue weighted by Crippen LogP contribution is 2.45. The van der Waals surface area contributed by atoms with Crippen LogP contribution in [0.5, 0.6) is 11.5 Å². The van der Waals surface area contributed by atoms with Gasteiger partial charge in [-0.15, -0.1) is 0 Å². The molecule has 3 nitrogen and oxygen atoms in total. The Balaban J connectivity index is 1.56. The van der Waals surface area contributed by atoms with Crippen molar-refractivity contribution in [1.82, 2.24) is 0 Å². The number of para-hydroxylation sites is 2.